The number of alkyl halides is 3. The molecule has 5 rings (SSSR count). The van der Waals surface area contributed by atoms with Gasteiger partial charge in [0.05, 0.1) is 24.4 Å². The van der Waals surface area contributed by atoms with Crippen LogP contribution in [-0.2, 0) is 36.3 Å². The third-order valence-electron chi connectivity index (χ3n) is 6.19. The summed E-state index contributed by atoms with van der Waals surface area (Å²) in [5.74, 6) is 0.841. The summed E-state index contributed by atoms with van der Waals surface area (Å²) in [7, 11) is 5.46. The zero-order chi connectivity index (χ0) is 24.1. The second-order valence-electron chi connectivity index (χ2n) is 9.07. The van der Waals surface area contributed by atoms with Crippen LogP contribution < -0.4 is 0 Å². The summed E-state index contributed by atoms with van der Waals surface area (Å²) in [5, 5.41) is 15.9. The summed E-state index contributed by atoms with van der Waals surface area (Å²) in [4.78, 5) is 5.65. The highest BCUT2D eigenvalue weighted by atomic mass is 19.4. The number of aromatic nitrogens is 6. The van der Waals surface area contributed by atoms with E-state index < -0.39 is 11.9 Å². The minimum atomic E-state index is -4.56. The molecule has 1 saturated heterocycles. The number of pyridine rings is 1. The fourth-order valence-corrected chi connectivity index (χ4v) is 4.35. The van der Waals surface area contributed by atoms with E-state index in [4.69, 9.17) is 4.74 Å². The van der Waals surface area contributed by atoms with Gasteiger partial charge in [-0.3, -0.25) is 5.10 Å². The molecule has 3 aromatic heterocycles. The fourth-order valence-electron chi connectivity index (χ4n) is 4.35. The van der Waals surface area contributed by atoms with Gasteiger partial charge in [-0.25, -0.2) is 4.98 Å². The van der Waals surface area contributed by atoms with Crippen molar-refractivity contribution in [3.8, 4) is 11.3 Å². The second-order valence-corrected chi connectivity index (χ2v) is 9.07. The molecule has 0 bridgehead atoms. The van der Waals surface area contributed by atoms with Gasteiger partial charge in [0, 0.05) is 36.4 Å². The van der Waals surface area contributed by atoms with E-state index in [0.717, 1.165) is 23.0 Å². The van der Waals surface area contributed by atoms with Crippen LogP contribution in [0.4, 0.5) is 13.2 Å². The Morgan fingerprint density at radius 1 is 1.21 bits per heavy atom. The maximum atomic E-state index is 13.6. The van der Waals surface area contributed by atoms with Crippen molar-refractivity contribution in [2.24, 2.45) is 7.05 Å². The summed E-state index contributed by atoms with van der Waals surface area (Å²) in [6.45, 7) is 1.31. The topological polar surface area (TPSA) is 84.8 Å². The van der Waals surface area contributed by atoms with Crippen molar-refractivity contribution in [2.75, 3.05) is 27.3 Å². The van der Waals surface area contributed by atoms with Crippen molar-refractivity contribution >= 4 is 10.9 Å². The highest BCUT2D eigenvalue weighted by Gasteiger charge is 2.42. The van der Waals surface area contributed by atoms with Crippen LogP contribution in [0.5, 0.6) is 0 Å². The monoisotopic (exact) mass is 471 g/mol. The first-order chi connectivity index (χ1) is 16.2. The Morgan fingerprint density at radius 2 is 2.00 bits per heavy atom. The van der Waals surface area contributed by atoms with Gasteiger partial charge < -0.3 is 14.2 Å². The molecule has 1 aliphatic rings. The summed E-state index contributed by atoms with van der Waals surface area (Å²) in [5.41, 5.74) is 1.80. The maximum absolute atomic E-state index is 13.6. The number of hydrogen-bond donors (Lipinski definition) is 1. The number of benzene rings is 1. The van der Waals surface area contributed by atoms with Crippen molar-refractivity contribution in [2.45, 2.75) is 24.6 Å². The standard InChI is InChI=1S/C23H24F3N7O/c1-32(2)10-17-21-16(8-18(28-17)23(24,25)26)20(30-31-21)14-5-4-6-15(7-14)22(11-34-12-22)9-19-29-27-13-33(19)3/h4-8,13H,9-12H2,1-3H3,(H,30,31). The average molecular weight is 471 g/mol. The van der Waals surface area contributed by atoms with Gasteiger partial charge in [-0.1, -0.05) is 18.2 Å². The molecular weight excluding hydrogens is 447 g/mol. The molecule has 0 aliphatic carbocycles. The molecule has 0 atom stereocenters. The molecule has 1 aliphatic heterocycles. The third kappa shape index (κ3) is 3.94. The van der Waals surface area contributed by atoms with Crippen LogP contribution in [-0.4, -0.2) is 62.2 Å². The lowest BCUT2D eigenvalue weighted by Gasteiger charge is -2.41. The first kappa shape index (κ1) is 22.5. The van der Waals surface area contributed by atoms with E-state index in [1.807, 2.05) is 35.9 Å². The Hall–Kier alpha value is -3.31. The minimum absolute atomic E-state index is 0.250. The van der Waals surface area contributed by atoms with Crippen molar-refractivity contribution in [3.05, 3.63) is 59.4 Å². The Bertz CT molecular complexity index is 1340. The summed E-state index contributed by atoms with van der Waals surface area (Å²) in [6, 6.07) is 8.81. The van der Waals surface area contributed by atoms with Crippen molar-refractivity contribution < 1.29 is 17.9 Å². The van der Waals surface area contributed by atoms with Gasteiger partial charge in [-0.15, -0.1) is 10.2 Å². The van der Waals surface area contributed by atoms with Crippen molar-refractivity contribution in [3.63, 3.8) is 0 Å². The first-order valence-electron chi connectivity index (χ1n) is 10.8. The highest BCUT2D eigenvalue weighted by Crippen LogP contribution is 2.39. The molecule has 1 N–H and O–H groups in total. The van der Waals surface area contributed by atoms with E-state index in [0.29, 0.717) is 41.9 Å². The number of aromatic amines is 1. The van der Waals surface area contributed by atoms with Crippen LogP contribution in [0.15, 0.2) is 36.7 Å². The largest absolute Gasteiger partial charge is 0.433 e. The van der Waals surface area contributed by atoms with Crippen LogP contribution in [0.2, 0.25) is 0 Å². The van der Waals surface area contributed by atoms with E-state index in [2.05, 4.69) is 25.4 Å². The summed E-state index contributed by atoms with van der Waals surface area (Å²) < 4.78 is 48.3. The number of aryl methyl sites for hydroxylation is 1. The molecule has 8 nitrogen and oxygen atoms in total. The molecule has 0 radical (unpaired) electrons. The highest BCUT2D eigenvalue weighted by molar-refractivity contribution is 5.94. The zero-order valence-corrected chi connectivity index (χ0v) is 19.0. The normalized spacial score (nSPS) is 15.7. The second kappa shape index (κ2) is 8.17. The van der Waals surface area contributed by atoms with E-state index in [1.165, 1.54) is 0 Å². The average Bonchev–Trinajstić information content (AvgIpc) is 3.36. The summed E-state index contributed by atoms with van der Waals surface area (Å²) in [6.07, 6.45) is -2.26. The Labute approximate surface area is 193 Å². The van der Waals surface area contributed by atoms with Crippen LogP contribution in [0, 0.1) is 0 Å². The quantitative estimate of drug-likeness (QED) is 0.464. The molecule has 4 aromatic rings. The van der Waals surface area contributed by atoms with Crippen molar-refractivity contribution in [1.29, 1.82) is 0 Å². The van der Waals surface area contributed by atoms with Crippen LogP contribution in [0.1, 0.15) is 22.8 Å². The number of nitrogens with one attached hydrogen (secondary N) is 1. The lowest BCUT2D eigenvalue weighted by atomic mass is 9.75. The van der Waals surface area contributed by atoms with Crippen LogP contribution >= 0.6 is 0 Å². The lowest BCUT2D eigenvalue weighted by molar-refractivity contribution is -0.141. The first-order valence-corrected chi connectivity index (χ1v) is 10.8. The molecule has 178 valence electrons. The molecule has 0 amide bonds. The molecule has 0 spiro atoms. The number of fused-ring (bicyclic) bond motifs is 1. The van der Waals surface area contributed by atoms with E-state index >= 15 is 0 Å². The maximum Gasteiger partial charge on any atom is 0.433 e. The molecule has 0 unspecified atom stereocenters. The van der Waals surface area contributed by atoms with Gasteiger partial charge >= 0.3 is 6.18 Å². The number of nitrogens with zero attached hydrogens (tertiary/aromatic N) is 6. The zero-order valence-electron chi connectivity index (χ0n) is 19.0. The number of rotatable bonds is 6. The lowest BCUT2D eigenvalue weighted by Crippen LogP contribution is -2.49. The number of H-pyrrole nitrogens is 1. The Balaban J connectivity index is 1.60. The number of hydrogen-bond acceptors (Lipinski definition) is 6. The van der Waals surface area contributed by atoms with Crippen molar-refractivity contribution in [1.82, 2.24) is 34.8 Å². The molecule has 1 fully saturated rings. The summed E-state index contributed by atoms with van der Waals surface area (Å²) >= 11 is 0. The predicted octanol–water partition coefficient (Wildman–Crippen LogP) is 3.34. The van der Waals surface area contributed by atoms with E-state index in [-0.39, 0.29) is 12.0 Å². The van der Waals surface area contributed by atoms with Gasteiger partial charge in [0.1, 0.15) is 23.5 Å². The predicted molar refractivity (Wildman–Crippen MR) is 119 cm³/mol. The minimum Gasteiger partial charge on any atom is -0.379 e. The van der Waals surface area contributed by atoms with Crippen LogP contribution in [0.25, 0.3) is 22.2 Å². The molecule has 11 heteroatoms. The van der Waals surface area contributed by atoms with E-state index in [1.54, 1.807) is 25.3 Å². The van der Waals surface area contributed by atoms with Gasteiger partial charge in [0.15, 0.2) is 0 Å². The fraction of sp³-hybridized carbons (Fsp3) is 0.391. The Morgan fingerprint density at radius 3 is 2.62 bits per heavy atom. The molecular formula is C23H24F3N7O. The number of halogens is 3. The smallest absolute Gasteiger partial charge is 0.379 e. The van der Waals surface area contributed by atoms with E-state index in [9.17, 15) is 13.2 Å². The molecule has 0 saturated carbocycles. The molecule has 34 heavy (non-hydrogen) atoms. The van der Waals surface area contributed by atoms with Gasteiger partial charge in [0.25, 0.3) is 0 Å². The molecule has 4 heterocycles. The SMILES string of the molecule is CN(C)Cc1nc(C(F)(F)F)cc2c(-c3cccc(C4(Cc5nncn5C)COC4)c3)n[nH]c12. The van der Waals surface area contributed by atoms with Crippen LogP contribution in [0.3, 0.4) is 0 Å². The third-order valence-corrected chi connectivity index (χ3v) is 6.19. The van der Waals surface area contributed by atoms with Gasteiger partial charge in [-0.05, 0) is 31.8 Å². The molecule has 1 aromatic carbocycles. The Kier molecular flexibility index (Phi) is 5.40. The van der Waals surface area contributed by atoms with Gasteiger partial charge in [-0.2, -0.15) is 18.3 Å². The number of ether oxygens (including phenoxy) is 1. The van der Waals surface area contributed by atoms with Gasteiger partial charge in [0.2, 0.25) is 0 Å².